The molecule has 0 amide bonds. The van der Waals surface area contributed by atoms with Crippen LogP contribution in [0, 0.1) is 5.41 Å². The predicted molar refractivity (Wildman–Crippen MR) is 60.1 cm³/mol. The molecule has 1 aromatic rings. The lowest BCUT2D eigenvalue weighted by molar-refractivity contribution is 0.510. The van der Waals surface area contributed by atoms with E-state index >= 15 is 0 Å². The Morgan fingerprint density at radius 1 is 1.21 bits per heavy atom. The molecule has 14 heavy (non-hydrogen) atoms. The van der Waals surface area contributed by atoms with Crippen LogP contribution in [-0.4, -0.2) is 0 Å². The molecule has 0 spiro atoms. The van der Waals surface area contributed by atoms with Crippen LogP contribution in [0.2, 0.25) is 0 Å². The molecule has 0 aromatic heterocycles. The Kier molecular flexibility index (Phi) is 1.97. The highest BCUT2D eigenvalue weighted by Crippen LogP contribution is 2.60. The lowest BCUT2D eigenvalue weighted by Crippen LogP contribution is -2.25. The van der Waals surface area contributed by atoms with Gasteiger partial charge in [0.2, 0.25) is 0 Å². The Labute approximate surface area is 86.3 Å². The van der Waals surface area contributed by atoms with Crippen molar-refractivity contribution < 1.29 is 0 Å². The van der Waals surface area contributed by atoms with Gasteiger partial charge in [-0.25, -0.2) is 0 Å². The van der Waals surface area contributed by atoms with Crippen molar-refractivity contribution in [1.82, 2.24) is 0 Å². The zero-order valence-corrected chi connectivity index (χ0v) is 9.30. The second kappa shape index (κ2) is 2.83. The van der Waals surface area contributed by atoms with Crippen molar-refractivity contribution in [2.75, 3.05) is 0 Å². The van der Waals surface area contributed by atoms with Crippen molar-refractivity contribution in [1.29, 1.82) is 0 Å². The Morgan fingerprint density at radius 3 is 2.07 bits per heavy atom. The minimum Gasteiger partial charge on any atom is -0.321 e. The summed E-state index contributed by atoms with van der Waals surface area (Å²) in [7, 11) is 0. The Bertz CT molecular complexity index is 337. The van der Waals surface area contributed by atoms with E-state index in [0.29, 0.717) is 0 Å². The van der Waals surface area contributed by atoms with Gasteiger partial charge in [-0.15, -0.1) is 0 Å². The van der Waals surface area contributed by atoms with Crippen molar-refractivity contribution in [3.63, 3.8) is 0 Å². The molecule has 2 N–H and O–H groups in total. The van der Waals surface area contributed by atoms with E-state index in [1.165, 1.54) is 11.1 Å². The molecule has 1 aliphatic carbocycles. The van der Waals surface area contributed by atoms with E-state index in [-0.39, 0.29) is 11.0 Å². The van der Waals surface area contributed by atoms with Crippen LogP contribution in [0.5, 0.6) is 0 Å². The normalized spacial score (nSPS) is 28.9. The molecule has 1 heteroatoms. The Balaban J connectivity index is 2.27. The van der Waals surface area contributed by atoms with Crippen LogP contribution in [0.1, 0.15) is 38.3 Å². The average Bonchev–Trinajstić information content (AvgIpc) is 2.68. The van der Waals surface area contributed by atoms with Gasteiger partial charge >= 0.3 is 0 Å². The average molecular weight is 189 g/mol. The van der Waals surface area contributed by atoms with Crippen LogP contribution in [-0.2, 0) is 12.0 Å². The molecule has 0 bridgehead atoms. The maximum absolute atomic E-state index is 6.34. The summed E-state index contributed by atoms with van der Waals surface area (Å²) in [4.78, 5) is 0. The molecule has 76 valence electrons. The van der Waals surface area contributed by atoms with Crippen molar-refractivity contribution in [3.05, 3.63) is 35.4 Å². The van der Waals surface area contributed by atoms with Crippen molar-refractivity contribution in [2.24, 2.45) is 11.1 Å². The van der Waals surface area contributed by atoms with Gasteiger partial charge in [0, 0.05) is 5.54 Å². The van der Waals surface area contributed by atoms with Crippen LogP contribution in [0.15, 0.2) is 24.3 Å². The predicted octanol–water partition coefficient (Wildman–Crippen LogP) is 2.83. The number of hydrogen-bond donors (Lipinski definition) is 1. The third-order valence-electron chi connectivity index (χ3n) is 3.68. The van der Waals surface area contributed by atoms with Crippen LogP contribution >= 0.6 is 0 Å². The third-order valence-corrected chi connectivity index (χ3v) is 3.68. The van der Waals surface area contributed by atoms with Crippen molar-refractivity contribution >= 4 is 0 Å². The van der Waals surface area contributed by atoms with E-state index in [2.05, 4.69) is 45.0 Å². The molecule has 1 saturated carbocycles. The highest BCUT2D eigenvalue weighted by atomic mass is 14.9. The summed E-state index contributed by atoms with van der Waals surface area (Å²) >= 11 is 0. The number of hydrogen-bond acceptors (Lipinski definition) is 1. The molecule has 1 nitrogen and oxygen atoms in total. The fraction of sp³-hybridized carbons (Fsp3) is 0.538. The van der Waals surface area contributed by atoms with Gasteiger partial charge < -0.3 is 5.73 Å². The SMILES string of the molecule is CCc1ccc(C2(N)CC2(C)C)cc1. The first kappa shape index (κ1) is 9.72. The molecular weight excluding hydrogens is 170 g/mol. The van der Waals surface area contributed by atoms with Gasteiger partial charge in [-0.1, -0.05) is 45.0 Å². The minimum absolute atomic E-state index is 0.0702. The van der Waals surface area contributed by atoms with Crippen molar-refractivity contribution in [2.45, 2.75) is 39.2 Å². The number of rotatable bonds is 2. The smallest absolute Gasteiger partial charge is 0.0468 e. The largest absolute Gasteiger partial charge is 0.321 e. The Morgan fingerprint density at radius 2 is 1.71 bits per heavy atom. The highest BCUT2D eigenvalue weighted by molar-refractivity contribution is 5.36. The second-order valence-electron chi connectivity index (χ2n) is 5.08. The second-order valence-corrected chi connectivity index (χ2v) is 5.08. The first-order valence-corrected chi connectivity index (χ1v) is 5.38. The summed E-state index contributed by atoms with van der Waals surface area (Å²) < 4.78 is 0. The molecule has 1 unspecified atom stereocenters. The zero-order valence-electron chi connectivity index (χ0n) is 9.30. The van der Waals surface area contributed by atoms with Crippen LogP contribution in [0.4, 0.5) is 0 Å². The van der Waals surface area contributed by atoms with Gasteiger partial charge in [0.1, 0.15) is 0 Å². The van der Waals surface area contributed by atoms with Gasteiger partial charge in [0.05, 0.1) is 0 Å². The van der Waals surface area contributed by atoms with Crippen LogP contribution < -0.4 is 5.73 Å². The number of benzene rings is 1. The highest BCUT2D eigenvalue weighted by Gasteiger charge is 2.59. The van der Waals surface area contributed by atoms with Gasteiger partial charge in [0.25, 0.3) is 0 Å². The van der Waals surface area contributed by atoms with Crippen molar-refractivity contribution in [3.8, 4) is 0 Å². The molecule has 1 aromatic carbocycles. The van der Waals surface area contributed by atoms with E-state index in [4.69, 9.17) is 5.73 Å². The van der Waals surface area contributed by atoms with E-state index in [1.807, 2.05) is 0 Å². The topological polar surface area (TPSA) is 26.0 Å². The monoisotopic (exact) mass is 189 g/mol. The summed E-state index contributed by atoms with van der Waals surface area (Å²) in [6, 6.07) is 8.76. The summed E-state index contributed by atoms with van der Waals surface area (Å²) in [5.41, 5.74) is 9.22. The maximum atomic E-state index is 6.34. The fourth-order valence-electron chi connectivity index (χ4n) is 2.18. The van der Waals surface area contributed by atoms with E-state index < -0.39 is 0 Å². The molecule has 2 rings (SSSR count). The summed E-state index contributed by atoms with van der Waals surface area (Å²) in [6.07, 6.45) is 2.20. The molecular formula is C13H19N. The van der Waals surface area contributed by atoms with E-state index in [1.54, 1.807) is 0 Å². The maximum Gasteiger partial charge on any atom is 0.0468 e. The fourth-order valence-corrected chi connectivity index (χ4v) is 2.18. The van der Waals surface area contributed by atoms with E-state index in [9.17, 15) is 0 Å². The molecule has 0 heterocycles. The molecule has 1 fully saturated rings. The number of nitrogens with two attached hydrogens (primary N) is 1. The third kappa shape index (κ3) is 1.27. The first-order chi connectivity index (χ1) is 6.49. The summed E-state index contributed by atoms with van der Waals surface area (Å²) in [6.45, 7) is 6.65. The van der Waals surface area contributed by atoms with Gasteiger partial charge in [0.15, 0.2) is 0 Å². The molecule has 0 saturated heterocycles. The lowest BCUT2D eigenvalue weighted by atomic mass is 9.96. The van der Waals surface area contributed by atoms with Gasteiger partial charge in [-0.2, -0.15) is 0 Å². The van der Waals surface area contributed by atoms with Gasteiger partial charge in [-0.3, -0.25) is 0 Å². The van der Waals surface area contributed by atoms with E-state index in [0.717, 1.165) is 12.8 Å². The molecule has 1 atom stereocenters. The minimum atomic E-state index is -0.0702. The molecule has 1 aliphatic rings. The van der Waals surface area contributed by atoms with Crippen LogP contribution in [0.3, 0.4) is 0 Å². The van der Waals surface area contributed by atoms with Gasteiger partial charge in [-0.05, 0) is 29.4 Å². The number of aryl methyl sites for hydroxylation is 1. The molecule has 0 radical (unpaired) electrons. The standard InChI is InChI=1S/C13H19N/c1-4-10-5-7-11(8-6-10)13(14)9-12(13,2)3/h5-8H,4,9,14H2,1-3H3. The van der Waals surface area contributed by atoms with Crippen LogP contribution in [0.25, 0.3) is 0 Å². The zero-order chi connectivity index (χ0) is 10.4. The first-order valence-electron chi connectivity index (χ1n) is 5.38. The molecule has 0 aliphatic heterocycles. The Hall–Kier alpha value is -0.820. The summed E-state index contributed by atoms with van der Waals surface area (Å²) in [5, 5.41) is 0. The quantitative estimate of drug-likeness (QED) is 0.760. The lowest BCUT2D eigenvalue weighted by Gasteiger charge is -2.15. The summed E-state index contributed by atoms with van der Waals surface area (Å²) in [5.74, 6) is 0.